The molecule has 10 nitrogen and oxygen atoms in total. The van der Waals surface area contributed by atoms with E-state index in [4.69, 9.17) is 43.3 Å². The number of nitriles is 1. The molecule has 1 atom stereocenters. The average Bonchev–Trinajstić information content (AvgIpc) is 3.82. The summed E-state index contributed by atoms with van der Waals surface area (Å²) in [6, 6.07) is 16.5. The summed E-state index contributed by atoms with van der Waals surface area (Å²) in [6.45, 7) is 11.5. The van der Waals surface area contributed by atoms with Gasteiger partial charge in [0.2, 0.25) is 5.69 Å². The van der Waals surface area contributed by atoms with E-state index in [9.17, 15) is 14.9 Å². The Balaban J connectivity index is 1.30. The molecule has 0 spiro atoms. The zero-order valence-corrected chi connectivity index (χ0v) is 29.4. The van der Waals surface area contributed by atoms with E-state index in [-0.39, 0.29) is 31.8 Å². The van der Waals surface area contributed by atoms with Crippen molar-refractivity contribution in [3.8, 4) is 33.5 Å². The van der Waals surface area contributed by atoms with Crippen LogP contribution in [0.25, 0.3) is 26.5 Å². The maximum Gasteiger partial charge on any atom is 0.305 e. The number of hydrogen-bond acceptors (Lipinski definition) is 11. The zero-order valence-electron chi connectivity index (χ0n) is 27.0. The molecular weight excluding hydrogens is 680 g/mol. The van der Waals surface area contributed by atoms with E-state index < -0.39 is 12.0 Å². The second-order valence-corrected chi connectivity index (χ2v) is 13.7. The molecule has 0 saturated carbocycles. The summed E-state index contributed by atoms with van der Waals surface area (Å²) in [7, 11) is 0. The minimum atomic E-state index is -0.536. The number of Topliss-reactive ketones (excluding diaryl/α,β-unsaturated/α-hetero) is 1. The lowest BCUT2D eigenvalue weighted by Crippen LogP contribution is -2.26. The Morgan fingerprint density at radius 1 is 1.10 bits per heavy atom. The Kier molecular flexibility index (Phi) is 12.6. The van der Waals surface area contributed by atoms with Crippen LogP contribution in [0.2, 0.25) is 5.02 Å². The molecule has 0 unspecified atom stereocenters. The van der Waals surface area contributed by atoms with Crippen molar-refractivity contribution in [2.24, 2.45) is 5.73 Å². The van der Waals surface area contributed by atoms with Crippen molar-refractivity contribution in [2.45, 2.75) is 55.8 Å². The summed E-state index contributed by atoms with van der Waals surface area (Å²) in [5.74, 6) is 1.16. The Labute approximate surface area is 299 Å². The zero-order chi connectivity index (χ0) is 34.8. The first-order chi connectivity index (χ1) is 23.8. The number of pyridine rings is 1. The minimum absolute atomic E-state index is 0.0621. The van der Waals surface area contributed by atoms with Gasteiger partial charge in [0.25, 0.3) is 0 Å². The molecule has 1 aliphatic heterocycles. The maximum atomic E-state index is 12.0. The third-order valence-electron chi connectivity index (χ3n) is 7.82. The van der Waals surface area contributed by atoms with E-state index in [0.29, 0.717) is 56.2 Å². The lowest BCUT2D eigenvalue weighted by atomic mass is 9.99. The third kappa shape index (κ3) is 9.37. The molecular formula is C36H35ClN6O4S2. The second-order valence-electron chi connectivity index (χ2n) is 11.4. The number of carbonyl (C=O) groups excluding carboxylic acids is 2. The second kappa shape index (κ2) is 17.3. The van der Waals surface area contributed by atoms with Crippen LogP contribution >= 0.6 is 34.7 Å². The predicted octanol–water partition coefficient (Wildman–Crippen LogP) is 7.85. The van der Waals surface area contributed by atoms with Crippen molar-refractivity contribution >= 4 is 58.0 Å². The van der Waals surface area contributed by atoms with Gasteiger partial charge in [0.05, 0.1) is 23.9 Å². The SMILES string of the molecule is [C-]#[N+]c1c(N2CCCC2)nc(SCc2csc(-c3ccc(Cl)cc3)n2)c(C#N)c1-c1ccc(OCCOC(=O)CCCC(=O)[C@H](C)N)cc1. The van der Waals surface area contributed by atoms with Crippen molar-refractivity contribution in [1.82, 2.24) is 9.97 Å². The lowest BCUT2D eigenvalue weighted by molar-refractivity contribution is -0.144. The number of esters is 1. The fourth-order valence-corrected chi connectivity index (χ4v) is 7.20. The molecule has 4 aromatic rings. The molecule has 5 rings (SSSR count). The molecule has 1 fully saturated rings. The molecule has 252 valence electrons. The van der Waals surface area contributed by atoms with Crippen LogP contribution in [0.3, 0.4) is 0 Å². The van der Waals surface area contributed by atoms with Crippen molar-refractivity contribution in [1.29, 1.82) is 5.26 Å². The molecule has 0 radical (unpaired) electrons. The van der Waals surface area contributed by atoms with Crippen LogP contribution in [0.1, 0.15) is 50.3 Å². The van der Waals surface area contributed by atoms with Crippen molar-refractivity contribution in [2.75, 3.05) is 31.2 Å². The maximum absolute atomic E-state index is 12.0. The molecule has 2 aromatic heterocycles. The lowest BCUT2D eigenvalue weighted by Gasteiger charge is -2.22. The molecule has 2 N–H and O–H groups in total. The van der Waals surface area contributed by atoms with Gasteiger partial charge in [0.1, 0.15) is 46.7 Å². The number of aromatic nitrogens is 2. The predicted molar refractivity (Wildman–Crippen MR) is 193 cm³/mol. The van der Waals surface area contributed by atoms with Gasteiger partial charge < -0.3 is 20.1 Å². The molecule has 1 saturated heterocycles. The van der Waals surface area contributed by atoms with Crippen LogP contribution in [-0.2, 0) is 20.1 Å². The van der Waals surface area contributed by atoms with Gasteiger partial charge in [-0.15, -0.1) is 11.3 Å². The molecule has 2 aromatic carbocycles. The van der Waals surface area contributed by atoms with Gasteiger partial charge in [-0.3, -0.25) is 9.59 Å². The Morgan fingerprint density at radius 2 is 1.82 bits per heavy atom. The van der Waals surface area contributed by atoms with Gasteiger partial charge in [0.15, 0.2) is 0 Å². The fourth-order valence-electron chi connectivity index (χ4n) is 5.27. The highest BCUT2D eigenvalue weighted by Crippen LogP contribution is 2.45. The fraction of sp³-hybridized carbons (Fsp3) is 0.333. The molecule has 3 heterocycles. The number of nitrogens with two attached hydrogens (primary N) is 1. The van der Waals surface area contributed by atoms with E-state index in [2.05, 4.69) is 15.8 Å². The van der Waals surface area contributed by atoms with Crippen molar-refractivity contribution in [3.05, 3.63) is 81.6 Å². The first-order valence-corrected chi connectivity index (χ1v) is 18.1. The summed E-state index contributed by atoms with van der Waals surface area (Å²) in [5.41, 5.74) is 9.34. The van der Waals surface area contributed by atoms with Crippen LogP contribution in [0.5, 0.6) is 5.75 Å². The number of anilines is 1. The normalized spacial score (nSPS) is 13.0. The molecule has 0 aliphatic carbocycles. The van der Waals surface area contributed by atoms with Crippen molar-refractivity contribution in [3.63, 3.8) is 0 Å². The van der Waals surface area contributed by atoms with E-state index in [1.165, 1.54) is 11.8 Å². The summed E-state index contributed by atoms with van der Waals surface area (Å²) in [4.78, 5) is 39.3. The highest BCUT2D eigenvalue weighted by molar-refractivity contribution is 7.98. The number of thiazole rings is 1. The Morgan fingerprint density at radius 3 is 2.49 bits per heavy atom. The van der Waals surface area contributed by atoms with E-state index >= 15 is 0 Å². The highest BCUT2D eigenvalue weighted by Gasteiger charge is 2.26. The number of carbonyl (C=O) groups is 2. The standard InChI is InChI=1S/C36H35ClN6O4S2/c1-23(39)30(44)6-5-7-31(45)47-19-18-46-28-14-10-24(11-15-28)32-29(20-38)36(42-34(33(32)40-2)43-16-3-4-17-43)49-22-27-21-48-35(41-27)25-8-12-26(37)13-9-25/h8-15,21,23H,3-7,16-19,22,39H2,1H3/t23-/m0/s1. The summed E-state index contributed by atoms with van der Waals surface area (Å²) in [5, 5.41) is 14.5. The number of halogens is 1. The Hall–Kier alpha value is -4.46. The molecule has 1 aliphatic rings. The van der Waals surface area contributed by atoms with Crippen LogP contribution in [0.15, 0.2) is 58.9 Å². The minimum Gasteiger partial charge on any atom is -0.490 e. The average molecular weight is 715 g/mol. The molecule has 0 amide bonds. The topological polar surface area (TPSA) is 136 Å². The van der Waals surface area contributed by atoms with E-state index in [1.807, 2.05) is 41.8 Å². The monoisotopic (exact) mass is 714 g/mol. The number of hydrogen-bond donors (Lipinski definition) is 1. The first-order valence-electron chi connectivity index (χ1n) is 15.9. The van der Waals surface area contributed by atoms with Crippen LogP contribution < -0.4 is 15.4 Å². The van der Waals surface area contributed by atoms with Gasteiger partial charge in [-0.05, 0) is 56.0 Å². The number of rotatable bonds is 15. The van der Waals surface area contributed by atoms with E-state index in [1.54, 1.807) is 30.4 Å². The number of ether oxygens (including phenoxy) is 2. The quantitative estimate of drug-likeness (QED) is 0.0561. The van der Waals surface area contributed by atoms with E-state index in [0.717, 1.165) is 42.2 Å². The van der Waals surface area contributed by atoms with Gasteiger partial charge >= 0.3 is 5.97 Å². The van der Waals surface area contributed by atoms with Gasteiger partial charge in [0, 0.05) is 53.2 Å². The Bertz CT molecular complexity index is 1860. The number of nitrogens with zero attached hydrogens (tertiary/aromatic N) is 5. The molecule has 13 heteroatoms. The summed E-state index contributed by atoms with van der Waals surface area (Å²) < 4.78 is 11.0. The largest absolute Gasteiger partial charge is 0.490 e. The number of benzene rings is 2. The van der Waals surface area contributed by atoms with Crippen LogP contribution in [-0.4, -0.2) is 54.1 Å². The number of thioether (sulfide) groups is 1. The number of ketones is 1. The van der Waals surface area contributed by atoms with Crippen molar-refractivity contribution < 1.29 is 19.1 Å². The van der Waals surface area contributed by atoms with Gasteiger partial charge in [-0.25, -0.2) is 14.8 Å². The molecule has 49 heavy (non-hydrogen) atoms. The smallest absolute Gasteiger partial charge is 0.305 e. The van der Waals surface area contributed by atoms with Crippen LogP contribution in [0.4, 0.5) is 11.5 Å². The van der Waals surface area contributed by atoms with Gasteiger partial charge in [-0.1, -0.05) is 47.6 Å². The first kappa shape index (κ1) is 35.8. The summed E-state index contributed by atoms with van der Waals surface area (Å²) >= 11 is 9.03. The van der Waals surface area contributed by atoms with Gasteiger partial charge in [-0.2, -0.15) is 5.26 Å². The highest BCUT2D eigenvalue weighted by atomic mass is 35.5. The van der Waals surface area contributed by atoms with Crippen LogP contribution in [0, 0.1) is 17.9 Å². The summed E-state index contributed by atoms with van der Waals surface area (Å²) in [6.07, 6.45) is 2.80. The molecule has 0 bridgehead atoms. The third-order valence-corrected chi connectivity index (χ3v) is 10.0.